The lowest BCUT2D eigenvalue weighted by Gasteiger charge is -2.30. The molecule has 2 aromatic carbocycles. The van der Waals surface area contributed by atoms with Crippen molar-refractivity contribution in [2.75, 3.05) is 19.0 Å². The Morgan fingerprint density at radius 2 is 1.00 bits per heavy atom. The van der Waals surface area contributed by atoms with Crippen molar-refractivity contribution in [1.29, 1.82) is 0 Å². The second-order valence-corrected chi connectivity index (χ2v) is 16.6. The van der Waals surface area contributed by atoms with Crippen LogP contribution in [0.4, 0.5) is 0 Å². The first-order valence-corrected chi connectivity index (χ1v) is 18.6. The smallest absolute Gasteiger partial charge is 0.119 e. The van der Waals surface area contributed by atoms with Crippen LogP contribution in [0.1, 0.15) is 165 Å². The van der Waals surface area contributed by atoms with E-state index in [1.54, 1.807) is 0 Å². The van der Waals surface area contributed by atoms with Crippen LogP contribution in [0.3, 0.4) is 0 Å². The van der Waals surface area contributed by atoms with Gasteiger partial charge in [-0.3, -0.25) is 0 Å². The molecule has 1 atom stereocenters. The van der Waals surface area contributed by atoms with Crippen LogP contribution >= 0.6 is 11.8 Å². The molecule has 4 nitrogen and oxygen atoms in total. The number of aliphatic hydroxyl groups is 2. The highest BCUT2D eigenvalue weighted by Gasteiger charge is 2.28. The van der Waals surface area contributed by atoms with Crippen LogP contribution in [0.5, 0.6) is 11.5 Å². The third-order valence-corrected chi connectivity index (χ3v) is 9.99. The van der Waals surface area contributed by atoms with Gasteiger partial charge >= 0.3 is 0 Å². The molecule has 0 aliphatic carbocycles. The fraction of sp³-hybridized carbons (Fsp3) is 0.700. The number of rotatable bonds is 17. The van der Waals surface area contributed by atoms with Crippen molar-refractivity contribution in [3.8, 4) is 11.5 Å². The fourth-order valence-electron chi connectivity index (χ4n) is 6.07. The molecule has 258 valence electrons. The molecule has 0 radical (unpaired) electrons. The topological polar surface area (TPSA) is 80.9 Å². The summed E-state index contributed by atoms with van der Waals surface area (Å²) in [5, 5.41) is 37.5. The lowest BCUT2D eigenvalue weighted by atomic mass is 9.76. The normalized spacial score (nSPS) is 12.7. The molecule has 0 aliphatic heterocycles. The van der Waals surface area contributed by atoms with E-state index in [2.05, 4.69) is 93.1 Å². The second kappa shape index (κ2) is 20.5. The summed E-state index contributed by atoms with van der Waals surface area (Å²) in [5.74, 6) is 2.19. The predicted molar refractivity (Wildman–Crippen MR) is 197 cm³/mol. The first-order chi connectivity index (χ1) is 21.1. The number of unbranched alkanes of at least 4 members (excludes halogenated alkanes) is 9. The first kappa shape index (κ1) is 41.3. The van der Waals surface area contributed by atoms with Gasteiger partial charge in [-0.2, -0.15) is 11.8 Å². The van der Waals surface area contributed by atoms with Crippen LogP contribution in [0.25, 0.3) is 0 Å². The van der Waals surface area contributed by atoms with Crippen molar-refractivity contribution in [3.05, 3.63) is 57.6 Å². The lowest BCUT2D eigenvalue weighted by Crippen LogP contribution is -2.17. The Morgan fingerprint density at radius 1 is 0.622 bits per heavy atom. The maximum atomic E-state index is 10.9. The quantitative estimate of drug-likeness (QED) is 0.129. The SMILES string of the molecule is CCCCCCCCCCCCSC(C)CC(c1cc(C(C)(C)C)c(O)cc1C)c1cc(C(C)(C)C)c(O)cc1C.OCCO. The Kier molecular flexibility index (Phi) is 18.9. The van der Waals surface area contributed by atoms with E-state index < -0.39 is 0 Å². The van der Waals surface area contributed by atoms with Gasteiger partial charge in [0.2, 0.25) is 0 Å². The van der Waals surface area contributed by atoms with Gasteiger partial charge < -0.3 is 20.4 Å². The number of benzene rings is 2. The summed E-state index contributed by atoms with van der Waals surface area (Å²) in [6.07, 6.45) is 14.8. The Labute approximate surface area is 281 Å². The highest BCUT2D eigenvalue weighted by molar-refractivity contribution is 7.99. The van der Waals surface area contributed by atoms with Gasteiger partial charge in [0.05, 0.1) is 13.2 Å². The highest BCUT2D eigenvalue weighted by atomic mass is 32.2. The van der Waals surface area contributed by atoms with Crippen LogP contribution in [0, 0.1) is 13.8 Å². The van der Waals surface area contributed by atoms with E-state index in [0.29, 0.717) is 16.7 Å². The Hall–Kier alpha value is -1.69. The van der Waals surface area contributed by atoms with Crippen molar-refractivity contribution in [2.45, 2.75) is 162 Å². The third-order valence-electron chi connectivity index (χ3n) is 8.70. The Morgan fingerprint density at radius 3 is 1.36 bits per heavy atom. The third kappa shape index (κ3) is 14.7. The minimum absolute atomic E-state index is 0.125. The summed E-state index contributed by atoms with van der Waals surface area (Å²) in [6.45, 7) is 21.7. The molecule has 5 heteroatoms. The van der Waals surface area contributed by atoms with Crippen molar-refractivity contribution in [1.82, 2.24) is 0 Å². The molecule has 0 amide bonds. The van der Waals surface area contributed by atoms with Crippen LogP contribution in [0.2, 0.25) is 0 Å². The summed E-state index contributed by atoms with van der Waals surface area (Å²) >= 11 is 2.11. The molecule has 45 heavy (non-hydrogen) atoms. The molecule has 0 spiro atoms. The molecule has 0 bridgehead atoms. The van der Waals surface area contributed by atoms with Crippen LogP contribution < -0.4 is 0 Å². The number of phenolic OH excluding ortho intramolecular Hbond substituents is 2. The number of hydrogen-bond donors (Lipinski definition) is 4. The van der Waals surface area contributed by atoms with Gasteiger partial charge in [0.25, 0.3) is 0 Å². The van der Waals surface area contributed by atoms with Crippen LogP contribution in [-0.4, -0.2) is 44.6 Å². The van der Waals surface area contributed by atoms with Gasteiger partial charge in [0.15, 0.2) is 0 Å². The molecular weight excluding hydrogens is 577 g/mol. The van der Waals surface area contributed by atoms with Crippen molar-refractivity contribution in [3.63, 3.8) is 0 Å². The van der Waals surface area contributed by atoms with Gasteiger partial charge in [-0.15, -0.1) is 0 Å². The minimum Gasteiger partial charge on any atom is -0.508 e. The van der Waals surface area contributed by atoms with E-state index in [9.17, 15) is 10.2 Å². The average molecular weight is 645 g/mol. The van der Waals surface area contributed by atoms with Gasteiger partial charge in [0, 0.05) is 11.2 Å². The molecule has 0 aromatic heterocycles. The van der Waals surface area contributed by atoms with Crippen molar-refractivity contribution >= 4 is 11.8 Å². The van der Waals surface area contributed by atoms with Crippen molar-refractivity contribution in [2.24, 2.45) is 0 Å². The van der Waals surface area contributed by atoms with Crippen molar-refractivity contribution < 1.29 is 20.4 Å². The van der Waals surface area contributed by atoms with E-state index in [0.717, 1.165) is 28.7 Å². The molecular formula is C40H68O4S. The zero-order chi connectivity index (χ0) is 34.2. The summed E-state index contributed by atoms with van der Waals surface area (Å²) < 4.78 is 0. The monoisotopic (exact) mass is 644 g/mol. The van der Waals surface area contributed by atoms with Gasteiger partial charge in [-0.1, -0.05) is 125 Å². The fourth-order valence-corrected chi connectivity index (χ4v) is 7.17. The number of aliphatic hydroxyl groups excluding tert-OH is 2. The second-order valence-electron chi connectivity index (χ2n) is 15.1. The largest absolute Gasteiger partial charge is 0.508 e. The molecule has 0 saturated carbocycles. The van der Waals surface area contributed by atoms with Crippen LogP contribution in [-0.2, 0) is 10.8 Å². The van der Waals surface area contributed by atoms with E-state index in [1.807, 2.05) is 12.1 Å². The summed E-state index contributed by atoms with van der Waals surface area (Å²) in [4.78, 5) is 0. The summed E-state index contributed by atoms with van der Waals surface area (Å²) in [7, 11) is 0. The number of phenols is 2. The van der Waals surface area contributed by atoms with E-state index in [-0.39, 0.29) is 30.0 Å². The standard InChI is InChI=1S/C38H62O2S.C2H6O2/c1-11-12-13-14-15-16-17-18-19-20-21-41-29(4)24-32(30-25-33(37(5,6)7)35(39)22-27(30)2)31-26-34(38(8,9)10)36(40)23-28(31)3;3-1-2-4/h22-23,25-26,29,32,39-40H,11-21,24H2,1-10H3;3-4H,1-2H2. The highest BCUT2D eigenvalue weighted by Crippen LogP contribution is 2.43. The number of thioether (sulfide) groups is 1. The average Bonchev–Trinajstić information content (AvgIpc) is 2.94. The molecule has 2 aromatic rings. The molecule has 0 heterocycles. The maximum absolute atomic E-state index is 10.9. The predicted octanol–water partition coefficient (Wildman–Crippen LogP) is 10.8. The summed E-state index contributed by atoms with van der Waals surface area (Å²) in [5.41, 5.74) is 6.58. The molecule has 0 fully saturated rings. The zero-order valence-corrected chi connectivity index (χ0v) is 31.4. The van der Waals surface area contributed by atoms with E-state index in [4.69, 9.17) is 10.2 Å². The number of hydrogen-bond acceptors (Lipinski definition) is 5. The maximum Gasteiger partial charge on any atom is 0.119 e. The Bertz CT molecular complexity index is 1040. The zero-order valence-electron chi connectivity index (χ0n) is 30.6. The first-order valence-electron chi connectivity index (χ1n) is 17.6. The minimum atomic E-state index is -0.145. The molecule has 2 rings (SSSR count). The molecule has 0 aliphatic rings. The van der Waals surface area contributed by atoms with Gasteiger partial charge in [-0.05, 0) is 88.8 Å². The number of aromatic hydroxyl groups is 2. The lowest BCUT2D eigenvalue weighted by molar-refractivity contribution is 0.186. The van der Waals surface area contributed by atoms with Gasteiger partial charge in [-0.25, -0.2) is 0 Å². The summed E-state index contributed by atoms with van der Waals surface area (Å²) in [6, 6.07) is 8.45. The molecule has 0 saturated heterocycles. The van der Waals surface area contributed by atoms with E-state index >= 15 is 0 Å². The van der Waals surface area contributed by atoms with Gasteiger partial charge in [0.1, 0.15) is 11.5 Å². The number of aryl methyl sites for hydroxylation is 2. The van der Waals surface area contributed by atoms with Crippen LogP contribution in [0.15, 0.2) is 24.3 Å². The Balaban J connectivity index is 0.00000238. The molecule has 4 N–H and O–H groups in total. The van der Waals surface area contributed by atoms with E-state index in [1.165, 1.54) is 81.1 Å². The molecule has 1 unspecified atom stereocenters.